The predicted octanol–water partition coefficient (Wildman–Crippen LogP) is 2.88. The fraction of sp³-hybridized carbons (Fsp3) is 0.333. The zero-order chi connectivity index (χ0) is 12.8. The van der Waals surface area contributed by atoms with Gasteiger partial charge in [0, 0.05) is 12.0 Å². The maximum Gasteiger partial charge on any atom is 0.195 e. The summed E-state index contributed by atoms with van der Waals surface area (Å²) in [4.78, 5) is 1.23. The molecule has 96 valence electrons. The predicted molar refractivity (Wildman–Crippen MR) is 75.3 cm³/mol. The Balaban J connectivity index is 2.03. The number of nitrogens with one attached hydrogen (secondary N) is 1. The van der Waals surface area contributed by atoms with E-state index in [-0.39, 0.29) is 0 Å². The van der Waals surface area contributed by atoms with Gasteiger partial charge in [-0.15, -0.1) is 11.8 Å². The summed E-state index contributed by atoms with van der Waals surface area (Å²) in [6.45, 7) is 1.37. The number of thioether (sulfide) groups is 1. The van der Waals surface area contributed by atoms with Gasteiger partial charge < -0.3 is 9.30 Å². The summed E-state index contributed by atoms with van der Waals surface area (Å²) in [5.74, 6) is 1.74. The normalized spacial score (nSPS) is 10.7. The molecular weight excluding hydrogens is 266 g/mol. The molecule has 0 atom stereocenters. The van der Waals surface area contributed by atoms with Gasteiger partial charge in [0.05, 0.1) is 18.9 Å². The summed E-state index contributed by atoms with van der Waals surface area (Å²) in [5, 5.41) is 7.08. The van der Waals surface area contributed by atoms with Crippen molar-refractivity contribution in [2.24, 2.45) is 0 Å². The van der Waals surface area contributed by atoms with Crippen molar-refractivity contribution in [2.45, 2.75) is 17.2 Å². The maximum absolute atomic E-state index is 5.20. The van der Waals surface area contributed by atoms with E-state index in [0.717, 1.165) is 18.1 Å². The minimum atomic E-state index is 0.636. The quantitative estimate of drug-likeness (QED) is 0.653. The smallest absolute Gasteiger partial charge is 0.195 e. The molecule has 0 saturated carbocycles. The summed E-state index contributed by atoms with van der Waals surface area (Å²) in [5.41, 5.74) is 0. The third kappa shape index (κ3) is 3.44. The molecule has 0 amide bonds. The van der Waals surface area contributed by atoms with Crippen LogP contribution in [0.4, 0.5) is 0 Å². The molecule has 2 aromatic rings. The lowest BCUT2D eigenvalue weighted by atomic mass is 10.4. The fourth-order valence-corrected chi connectivity index (χ4v) is 2.65. The van der Waals surface area contributed by atoms with Crippen LogP contribution in [0.25, 0.3) is 0 Å². The Bertz CT molecular complexity index is 536. The van der Waals surface area contributed by atoms with Crippen LogP contribution in [0.5, 0.6) is 0 Å². The van der Waals surface area contributed by atoms with Crippen molar-refractivity contribution in [1.82, 2.24) is 14.8 Å². The second-order valence-electron chi connectivity index (χ2n) is 3.69. The summed E-state index contributed by atoms with van der Waals surface area (Å²) in [6, 6.07) is 10.3. The van der Waals surface area contributed by atoms with Gasteiger partial charge >= 0.3 is 0 Å². The van der Waals surface area contributed by atoms with Gasteiger partial charge in [0.2, 0.25) is 0 Å². The van der Waals surface area contributed by atoms with Crippen LogP contribution in [-0.4, -0.2) is 28.5 Å². The first-order valence-corrected chi connectivity index (χ1v) is 7.01. The number of methoxy groups -OCH3 is 1. The number of H-pyrrole nitrogens is 1. The number of hydrogen-bond donors (Lipinski definition) is 1. The molecular formula is C12H15N3OS2. The first kappa shape index (κ1) is 13.3. The van der Waals surface area contributed by atoms with Gasteiger partial charge in [-0.3, -0.25) is 5.10 Å². The molecule has 0 aliphatic rings. The summed E-state index contributed by atoms with van der Waals surface area (Å²) in [6.07, 6.45) is 0. The lowest BCUT2D eigenvalue weighted by molar-refractivity contribution is 0.186. The molecule has 0 saturated heterocycles. The largest absolute Gasteiger partial charge is 0.383 e. The monoisotopic (exact) mass is 281 g/mol. The van der Waals surface area contributed by atoms with Crippen LogP contribution < -0.4 is 0 Å². The van der Waals surface area contributed by atoms with E-state index in [1.54, 1.807) is 18.9 Å². The summed E-state index contributed by atoms with van der Waals surface area (Å²) in [7, 11) is 1.68. The van der Waals surface area contributed by atoms with E-state index in [0.29, 0.717) is 11.4 Å². The van der Waals surface area contributed by atoms with Gasteiger partial charge in [-0.25, -0.2) is 0 Å². The number of rotatable bonds is 6. The molecule has 2 rings (SSSR count). The van der Waals surface area contributed by atoms with Gasteiger partial charge in [0.25, 0.3) is 0 Å². The lowest BCUT2D eigenvalue weighted by Crippen LogP contribution is -2.07. The standard InChI is InChI=1S/C12H15N3OS2/c1-16-8-7-15-11(13-14-12(15)17)9-18-10-5-3-2-4-6-10/h2-6H,7-9H2,1H3,(H,14,17). The highest BCUT2D eigenvalue weighted by Crippen LogP contribution is 2.21. The molecule has 0 spiro atoms. The number of nitrogens with zero attached hydrogens (tertiary/aromatic N) is 2. The van der Waals surface area contributed by atoms with Crippen molar-refractivity contribution < 1.29 is 4.74 Å². The third-order valence-corrected chi connectivity index (χ3v) is 3.79. The van der Waals surface area contributed by atoms with E-state index < -0.39 is 0 Å². The molecule has 0 radical (unpaired) electrons. The van der Waals surface area contributed by atoms with E-state index >= 15 is 0 Å². The Morgan fingerprint density at radius 2 is 2.17 bits per heavy atom. The number of aromatic nitrogens is 3. The maximum atomic E-state index is 5.20. The van der Waals surface area contributed by atoms with Crippen molar-refractivity contribution in [3.05, 3.63) is 40.9 Å². The van der Waals surface area contributed by atoms with Crippen LogP contribution in [0.2, 0.25) is 0 Å². The Labute approximate surface area is 115 Å². The molecule has 4 nitrogen and oxygen atoms in total. The molecule has 0 bridgehead atoms. The van der Waals surface area contributed by atoms with E-state index in [1.165, 1.54) is 4.90 Å². The van der Waals surface area contributed by atoms with Gasteiger partial charge in [-0.1, -0.05) is 18.2 Å². The highest BCUT2D eigenvalue weighted by Gasteiger charge is 2.06. The van der Waals surface area contributed by atoms with E-state index in [9.17, 15) is 0 Å². The third-order valence-electron chi connectivity index (χ3n) is 2.47. The van der Waals surface area contributed by atoms with Gasteiger partial charge in [0.1, 0.15) is 5.82 Å². The van der Waals surface area contributed by atoms with Crippen LogP contribution in [0, 0.1) is 4.77 Å². The van der Waals surface area contributed by atoms with Crippen LogP contribution in [0.1, 0.15) is 5.82 Å². The minimum absolute atomic E-state index is 0.636. The van der Waals surface area contributed by atoms with Crippen LogP contribution in [0.15, 0.2) is 35.2 Å². The topological polar surface area (TPSA) is 42.8 Å². The molecule has 1 heterocycles. The first-order chi connectivity index (χ1) is 8.81. The molecule has 1 aromatic carbocycles. The molecule has 1 N–H and O–H groups in total. The second kappa shape index (κ2) is 6.72. The summed E-state index contributed by atoms with van der Waals surface area (Å²) >= 11 is 6.94. The Hall–Kier alpha value is -1.11. The van der Waals surface area contributed by atoms with Gasteiger partial charge in [-0.2, -0.15) is 5.10 Å². The Morgan fingerprint density at radius 3 is 2.89 bits per heavy atom. The Morgan fingerprint density at radius 1 is 1.39 bits per heavy atom. The van der Waals surface area contributed by atoms with Crippen molar-refractivity contribution >= 4 is 24.0 Å². The zero-order valence-electron chi connectivity index (χ0n) is 10.1. The molecule has 6 heteroatoms. The summed E-state index contributed by atoms with van der Waals surface area (Å²) < 4.78 is 7.70. The highest BCUT2D eigenvalue weighted by atomic mass is 32.2. The van der Waals surface area contributed by atoms with Crippen LogP contribution in [-0.2, 0) is 17.0 Å². The molecule has 0 unspecified atom stereocenters. The number of hydrogen-bond acceptors (Lipinski definition) is 4. The molecule has 0 fully saturated rings. The second-order valence-corrected chi connectivity index (χ2v) is 5.13. The highest BCUT2D eigenvalue weighted by molar-refractivity contribution is 7.98. The number of ether oxygens (including phenoxy) is 1. The molecule has 0 aliphatic carbocycles. The number of benzene rings is 1. The minimum Gasteiger partial charge on any atom is -0.383 e. The van der Waals surface area contributed by atoms with Crippen molar-refractivity contribution in [2.75, 3.05) is 13.7 Å². The van der Waals surface area contributed by atoms with Gasteiger partial charge in [0.15, 0.2) is 4.77 Å². The molecule has 1 aromatic heterocycles. The average Bonchev–Trinajstić information content (AvgIpc) is 2.76. The van der Waals surface area contributed by atoms with Crippen molar-refractivity contribution in [3.63, 3.8) is 0 Å². The first-order valence-electron chi connectivity index (χ1n) is 5.62. The molecule has 0 aliphatic heterocycles. The fourth-order valence-electron chi connectivity index (χ4n) is 1.54. The average molecular weight is 281 g/mol. The number of aromatic amines is 1. The van der Waals surface area contributed by atoms with E-state index in [2.05, 4.69) is 22.3 Å². The van der Waals surface area contributed by atoms with E-state index in [4.69, 9.17) is 17.0 Å². The van der Waals surface area contributed by atoms with Gasteiger partial charge in [-0.05, 0) is 24.4 Å². The lowest BCUT2D eigenvalue weighted by Gasteiger charge is -2.05. The van der Waals surface area contributed by atoms with Crippen LogP contribution >= 0.6 is 24.0 Å². The molecule has 18 heavy (non-hydrogen) atoms. The SMILES string of the molecule is COCCn1c(CSc2ccccc2)n[nH]c1=S. The zero-order valence-corrected chi connectivity index (χ0v) is 11.8. The van der Waals surface area contributed by atoms with Crippen molar-refractivity contribution in [3.8, 4) is 0 Å². The Kier molecular flexibility index (Phi) is 4.98. The van der Waals surface area contributed by atoms with Crippen molar-refractivity contribution in [1.29, 1.82) is 0 Å². The van der Waals surface area contributed by atoms with Crippen LogP contribution in [0.3, 0.4) is 0 Å². The van der Waals surface area contributed by atoms with E-state index in [1.807, 2.05) is 22.8 Å².